The minimum Gasteiger partial charge on any atom is -0.477 e. The van der Waals surface area contributed by atoms with Gasteiger partial charge in [-0.3, -0.25) is 4.79 Å². The number of hydrogen-bond donors (Lipinski definition) is 1. The Morgan fingerprint density at radius 1 is 1.16 bits per heavy atom. The van der Waals surface area contributed by atoms with Crippen LogP contribution >= 0.6 is 25.1 Å². The lowest BCUT2D eigenvalue weighted by atomic mass is 9.50. The van der Waals surface area contributed by atoms with Crippen molar-refractivity contribution < 1.29 is 22.7 Å². The van der Waals surface area contributed by atoms with Gasteiger partial charge in [0.15, 0.2) is 10.6 Å². The van der Waals surface area contributed by atoms with Gasteiger partial charge in [-0.15, -0.1) is 0 Å². The number of methoxy groups -OCH3 is 1. The zero-order valence-corrected chi connectivity index (χ0v) is 24.0. The SMILES string of the molecule is CO[C@H]1CCN(c2cccc(S(=O)(=O)NC(=O)C3(Oc4cc(Cl)ccc4C4CC5(CCC5)C4)CC3)n2)C1.S. The maximum absolute atomic E-state index is 13.2. The first-order chi connectivity index (χ1) is 17.7. The van der Waals surface area contributed by atoms with E-state index in [9.17, 15) is 13.2 Å². The van der Waals surface area contributed by atoms with Gasteiger partial charge in [-0.25, -0.2) is 9.71 Å². The topological polar surface area (TPSA) is 97.8 Å². The number of aromatic nitrogens is 1. The fourth-order valence-electron chi connectivity index (χ4n) is 6.05. The normalized spacial score (nSPS) is 23.2. The Labute approximate surface area is 235 Å². The lowest BCUT2D eigenvalue weighted by Crippen LogP contribution is -2.44. The van der Waals surface area contributed by atoms with Gasteiger partial charge in [0.25, 0.3) is 15.9 Å². The van der Waals surface area contributed by atoms with Crippen LogP contribution in [0, 0.1) is 5.41 Å². The molecule has 0 bridgehead atoms. The number of hydrogen-bond acceptors (Lipinski definition) is 7. The molecule has 1 aliphatic heterocycles. The van der Waals surface area contributed by atoms with E-state index in [1.165, 1.54) is 25.3 Å². The predicted molar refractivity (Wildman–Crippen MR) is 150 cm³/mol. The minimum atomic E-state index is -4.18. The molecule has 1 amide bonds. The highest BCUT2D eigenvalue weighted by atomic mass is 35.5. The average Bonchev–Trinajstić information content (AvgIpc) is 3.44. The third-order valence-electron chi connectivity index (χ3n) is 8.63. The molecular weight excluding hydrogens is 546 g/mol. The third-order valence-corrected chi connectivity index (χ3v) is 10.1. The molecule has 1 aromatic heterocycles. The highest BCUT2D eigenvalue weighted by Crippen LogP contribution is 2.63. The highest BCUT2D eigenvalue weighted by molar-refractivity contribution is 7.90. The van der Waals surface area contributed by atoms with Crippen molar-refractivity contribution in [1.29, 1.82) is 0 Å². The Bertz CT molecular complexity index is 1320. The lowest BCUT2D eigenvalue weighted by molar-refractivity contribution is -0.128. The predicted octanol–water partition coefficient (Wildman–Crippen LogP) is 4.54. The van der Waals surface area contributed by atoms with Gasteiger partial charge in [-0.1, -0.05) is 30.2 Å². The number of benzene rings is 1. The van der Waals surface area contributed by atoms with Crippen molar-refractivity contribution in [2.24, 2.45) is 5.41 Å². The smallest absolute Gasteiger partial charge is 0.281 e. The summed E-state index contributed by atoms with van der Waals surface area (Å²) in [6.07, 6.45) is 7.95. The second kappa shape index (κ2) is 10.2. The molecule has 2 heterocycles. The van der Waals surface area contributed by atoms with Gasteiger partial charge in [-0.2, -0.15) is 21.9 Å². The number of nitrogens with zero attached hydrogens (tertiary/aromatic N) is 2. The van der Waals surface area contributed by atoms with Crippen molar-refractivity contribution in [3.05, 3.63) is 47.0 Å². The number of sulfonamides is 1. The molecule has 11 heteroatoms. The van der Waals surface area contributed by atoms with Gasteiger partial charge in [-0.05, 0) is 73.3 Å². The summed E-state index contributed by atoms with van der Waals surface area (Å²) >= 11 is 6.28. The van der Waals surface area contributed by atoms with Crippen LogP contribution in [-0.2, 0) is 19.6 Å². The molecule has 0 radical (unpaired) electrons. The molecule has 8 nitrogen and oxygen atoms in total. The molecule has 4 fully saturated rings. The van der Waals surface area contributed by atoms with Gasteiger partial charge in [0.1, 0.15) is 11.6 Å². The summed E-state index contributed by atoms with van der Waals surface area (Å²) in [5.74, 6) is 0.833. The van der Waals surface area contributed by atoms with E-state index in [0.29, 0.717) is 47.3 Å². The molecule has 3 aliphatic carbocycles. The molecule has 3 saturated carbocycles. The van der Waals surface area contributed by atoms with Gasteiger partial charge < -0.3 is 14.4 Å². The van der Waals surface area contributed by atoms with Crippen LogP contribution in [-0.4, -0.2) is 51.2 Å². The molecule has 6 rings (SSSR count). The quantitative estimate of drug-likeness (QED) is 0.490. The number of rotatable bonds is 8. The molecular formula is C27H34ClN3O5S2. The van der Waals surface area contributed by atoms with Crippen LogP contribution in [0.1, 0.15) is 62.8 Å². The average molecular weight is 580 g/mol. The standard InChI is InChI=1S/C27H32ClN3O5S.H2S/c1-35-20-8-13-31(17-20)23-4-2-5-24(29-23)37(33,34)30-25(32)27(11-12-27)36-22-14-19(28)6-7-21(22)18-15-26(16-18)9-3-10-26;/h2,4-7,14,18,20H,3,8-13,15-17H2,1H3,(H,30,32);1H2/t20-;/m0./s1. The molecule has 1 spiro atoms. The second-order valence-electron chi connectivity index (χ2n) is 11.1. The molecule has 1 N–H and O–H groups in total. The Kier molecular flexibility index (Phi) is 7.39. The molecule has 0 unspecified atom stereocenters. The van der Waals surface area contributed by atoms with Crippen molar-refractivity contribution in [2.75, 3.05) is 25.1 Å². The first-order valence-electron chi connectivity index (χ1n) is 13.0. The molecule has 4 aliphatic rings. The van der Waals surface area contributed by atoms with E-state index >= 15 is 0 Å². The maximum atomic E-state index is 13.2. The summed E-state index contributed by atoms with van der Waals surface area (Å²) in [5.41, 5.74) is 0.326. The summed E-state index contributed by atoms with van der Waals surface area (Å²) in [5, 5.41) is 0.331. The number of ether oxygens (including phenoxy) is 2. The molecule has 2 aromatic rings. The van der Waals surface area contributed by atoms with E-state index in [4.69, 9.17) is 21.1 Å². The number of pyridine rings is 1. The van der Waals surface area contributed by atoms with Gasteiger partial charge in [0, 0.05) is 38.1 Å². The van der Waals surface area contributed by atoms with E-state index in [2.05, 4.69) is 9.71 Å². The second-order valence-corrected chi connectivity index (χ2v) is 13.2. The molecule has 1 atom stereocenters. The highest BCUT2D eigenvalue weighted by Gasteiger charge is 2.55. The summed E-state index contributed by atoms with van der Waals surface area (Å²) in [4.78, 5) is 19.6. The first-order valence-corrected chi connectivity index (χ1v) is 14.9. The summed E-state index contributed by atoms with van der Waals surface area (Å²) < 4.78 is 40.2. The van der Waals surface area contributed by atoms with E-state index in [1.54, 1.807) is 25.3 Å². The van der Waals surface area contributed by atoms with Crippen molar-refractivity contribution in [2.45, 2.75) is 74.0 Å². The Morgan fingerprint density at radius 2 is 1.92 bits per heavy atom. The third kappa shape index (κ3) is 5.12. The van der Waals surface area contributed by atoms with Crippen molar-refractivity contribution >= 4 is 46.8 Å². The lowest BCUT2D eigenvalue weighted by Gasteiger charge is -2.54. The van der Waals surface area contributed by atoms with Crippen molar-refractivity contribution in [3.63, 3.8) is 0 Å². The molecule has 1 saturated heterocycles. The minimum absolute atomic E-state index is 0. The fraction of sp³-hybridized carbons (Fsp3) is 0.556. The first kappa shape index (κ1) is 27.6. The van der Waals surface area contributed by atoms with Crippen LogP contribution in [0.2, 0.25) is 5.02 Å². The van der Waals surface area contributed by atoms with E-state index < -0.39 is 21.5 Å². The van der Waals surface area contributed by atoms with Crippen LogP contribution < -0.4 is 14.4 Å². The van der Waals surface area contributed by atoms with Crippen LogP contribution in [0.3, 0.4) is 0 Å². The Hall–Kier alpha value is -2.01. The monoisotopic (exact) mass is 579 g/mol. The number of amides is 1. The zero-order chi connectivity index (χ0) is 25.8. The number of halogens is 1. The number of carbonyl (C=O) groups excluding carboxylic acids is 1. The van der Waals surface area contributed by atoms with Gasteiger partial charge >= 0.3 is 0 Å². The maximum Gasteiger partial charge on any atom is 0.281 e. The number of nitrogens with one attached hydrogen (secondary N) is 1. The van der Waals surface area contributed by atoms with Crippen LogP contribution in [0.5, 0.6) is 5.75 Å². The van der Waals surface area contributed by atoms with Crippen LogP contribution in [0.15, 0.2) is 41.4 Å². The van der Waals surface area contributed by atoms with Gasteiger partial charge in [0.05, 0.1) is 6.10 Å². The van der Waals surface area contributed by atoms with Crippen molar-refractivity contribution in [3.8, 4) is 5.75 Å². The number of carbonyl (C=O) groups is 1. The van der Waals surface area contributed by atoms with Crippen molar-refractivity contribution in [1.82, 2.24) is 9.71 Å². The van der Waals surface area contributed by atoms with E-state index in [0.717, 1.165) is 31.4 Å². The molecule has 1 aromatic carbocycles. The largest absolute Gasteiger partial charge is 0.477 e. The summed E-state index contributed by atoms with van der Waals surface area (Å²) in [6, 6.07) is 10.4. The van der Waals surface area contributed by atoms with E-state index in [-0.39, 0.29) is 24.6 Å². The van der Waals surface area contributed by atoms with E-state index in [1.807, 2.05) is 17.0 Å². The van der Waals surface area contributed by atoms with Gasteiger partial charge in [0.2, 0.25) is 0 Å². The number of anilines is 1. The molecule has 206 valence electrons. The zero-order valence-electron chi connectivity index (χ0n) is 21.4. The van der Waals surface area contributed by atoms with Crippen LogP contribution in [0.25, 0.3) is 0 Å². The Balaban J connectivity index is 0.00000294. The Morgan fingerprint density at radius 3 is 2.55 bits per heavy atom. The molecule has 38 heavy (non-hydrogen) atoms. The summed E-state index contributed by atoms with van der Waals surface area (Å²) in [7, 11) is -2.52. The fourth-order valence-corrected chi connectivity index (χ4v) is 7.22. The summed E-state index contributed by atoms with van der Waals surface area (Å²) in [6.45, 7) is 1.36. The van der Waals surface area contributed by atoms with Crippen LogP contribution in [0.4, 0.5) is 5.82 Å².